The van der Waals surface area contributed by atoms with E-state index in [1.165, 1.54) is 0 Å². The van der Waals surface area contributed by atoms with E-state index >= 15 is 0 Å². The Morgan fingerprint density at radius 3 is 2.70 bits per heavy atom. The second kappa shape index (κ2) is 5.97. The maximum atomic E-state index is 11.7. The van der Waals surface area contributed by atoms with Crippen LogP contribution in [0, 0.1) is 11.8 Å². The molecule has 2 heterocycles. The number of carbonyl (C=O) groups excluding carboxylic acids is 1. The van der Waals surface area contributed by atoms with Crippen LogP contribution in [0.3, 0.4) is 0 Å². The minimum absolute atomic E-state index is 0.0794. The lowest BCUT2D eigenvalue weighted by atomic mass is 9.93. The molecule has 2 fully saturated rings. The Labute approximate surface area is 120 Å². The third kappa shape index (κ3) is 3.91. The minimum Gasteiger partial charge on any atom is -0.376 e. The van der Waals surface area contributed by atoms with Crippen LogP contribution < -0.4 is 4.72 Å². The van der Waals surface area contributed by atoms with E-state index in [0.717, 1.165) is 19.3 Å². The fraction of sp³-hybridized carbons (Fsp3) is 0.917. The van der Waals surface area contributed by atoms with E-state index in [-0.39, 0.29) is 17.9 Å². The quantitative estimate of drug-likeness (QED) is 0.674. The Morgan fingerprint density at radius 2 is 2.10 bits per heavy atom. The van der Waals surface area contributed by atoms with Gasteiger partial charge in [0.1, 0.15) is 0 Å². The SMILES string of the molecule is CN(C)C(=O)CN1C[C@H]2[C@H](CNS(C)(=O)=O)CO[C@H]2C1. The summed E-state index contributed by atoms with van der Waals surface area (Å²) in [5, 5.41) is 0. The van der Waals surface area contributed by atoms with Crippen molar-refractivity contribution in [2.75, 3.05) is 53.1 Å². The van der Waals surface area contributed by atoms with Gasteiger partial charge in [-0.3, -0.25) is 9.69 Å². The zero-order valence-electron chi connectivity index (χ0n) is 12.2. The average Bonchev–Trinajstić information content (AvgIpc) is 2.85. The third-order valence-electron chi connectivity index (χ3n) is 3.98. The first-order valence-corrected chi connectivity index (χ1v) is 8.64. The standard InChI is InChI=1S/C12H23N3O4S/c1-14(2)12(16)7-15-5-10-9(4-13-20(3,17)18)8-19-11(10)6-15/h9-11,13H,4-8H2,1-3H3/t9-,10+,11+/m1/s1. The first-order chi connectivity index (χ1) is 9.26. The summed E-state index contributed by atoms with van der Waals surface area (Å²) in [4.78, 5) is 15.4. The summed E-state index contributed by atoms with van der Waals surface area (Å²) in [5.41, 5.74) is 0. The van der Waals surface area contributed by atoms with Crippen LogP contribution in [-0.2, 0) is 19.6 Å². The second-order valence-corrected chi connectivity index (χ2v) is 7.73. The molecular weight excluding hydrogens is 282 g/mol. The summed E-state index contributed by atoms with van der Waals surface area (Å²) in [6.45, 7) is 2.94. The number of hydrogen-bond donors (Lipinski definition) is 1. The molecule has 116 valence electrons. The molecule has 1 N–H and O–H groups in total. The fourth-order valence-corrected chi connectivity index (χ4v) is 3.33. The summed E-state index contributed by atoms with van der Waals surface area (Å²) in [6.07, 6.45) is 1.29. The highest BCUT2D eigenvalue weighted by atomic mass is 32.2. The lowest BCUT2D eigenvalue weighted by molar-refractivity contribution is -0.129. The Balaban J connectivity index is 1.86. The molecule has 3 atom stereocenters. The zero-order valence-corrected chi connectivity index (χ0v) is 13.0. The molecule has 0 radical (unpaired) electrons. The van der Waals surface area contributed by atoms with Crippen LogP contribution in [0.5, 0.6) is 0 Å². The van der Waals surface area contributed by atoms with E-state index < -0.39 is 10.0 Å². The molecule has 20 heavy (non-hydrogen) atoms. The van der Waals surface area contributed by atoms with Crippen molar-refractivity contribution in [3.8, 4) is 0 Å². The normalized spacial score (nSPS) is 30.4. The van der Waals surface area contributed by atoms with Gasteiger partial charge in [-0.25, -0.2) is 13.1 Å². The summed E-state index contributed by atoms with van der Waals surface area (Å²) >= 11 is 0. The molecule has 0 unspecified atom stereocenters. The molecule has 1 amide bonds. The predicted octanol–water partition coefficient (Wildman–Crippen LogP) is -1.43. The third-order valence-corrected chi connectivity index (χ3v) is 4.67. The molecule has 0 aliphatic carbocycles. The predicted molar refractivity (Wildman–Crippen MR) is 74.7 cm³/mol. The molecule has 7 nitrogen and oxygen atoms in total. The van der Waals surface area contributed by atoms with Crippen molar-refractivity contribution in [3.05, 3.63) is 0 Å². The molecule has 2 aliphatic heterocycles. The van der Waals surface area contributed by atoms with Crippen molar-refractivity contribution in [2.45, 2.75) is 6.10 Å². The van der Waals surface area contributed by atoms with Crippen LogP contribution in [-0.4, -0.2) is 83.4 Å². The van der Waals surface area contributed by atoms with Gasteiger partial charge in [0.25, 0.3) is 0 Å². The summed E-state index contributed by atoms with van der Waals surface area (Å²) < 4.78 is 30.6. The Morgan fingerprint density at radius 1 is 1.40 bits per heavy atom. The van der Waals surface area contributed by atoms with Crippen molar-refractivity contribution in [1.29, 1.82) is 0 Å². The Bertz CT molecular complexity index is 465. The number of fused-ring (bicyclic) bond motifs is 1. The van der Waals surface area contributed by atoms with E-state index in [1.54, 1.807) is 19.0 Å². The first-order valence-electron chi connectivity index (χ1n) is 6.75. The van der Waals surface area contributed by atoms with Gasteiger partial charge in [-0.2, -0.15) is 0 Å². The number of amides is 1. The van der Waals surface area contributed by atoms with Gasteiger partial charge in [-0.1, -0.05) is 0 Å². The highest BCUT2D eigenvalue weighted by molar-refractivity contribution is 7.88. The van der Waals surface area contributed by atoms with Crippen LogP contribution in [0.4, 0.5) is 0 Å². The van der Waals surface area contributed by atoms with Gasteiger partial charge < -0.3 is 9.64 Å². The molecule has 2 rings (SSSR count). The average molecular weight is 305 g/mol. The second-order valence-electron chi connectivity index (χ2n) is 5.90. The molecule has 0 spiro atoms. The van der Waals surface area contributed by atoms with Gasteiger partial charge in [-0.15, -0.1) is 0 Å². The van der Waals surface area contributed by atoms with Gasteiger partial charge in [0.2, 0.25) is 15.9 Å². The summed E-state index contributed by atoms with van der Waals surface area (Å²) in [6, 6.07) is 0. The monoisotopic (exact) mass is 305 g/mol. The number of nitrogens with zero attached hydrogens (tertiary/aromatic N) is 2. The first kappa shape index (κ1) is 15.7. The maximum Gasteiger partial charge on any atom is 0.236 e. The van der Waals surface area contributed by atoms with Crippen molar-refractivity contribution in [3.63, 3.8) is 0 Å². The number of carbonyl (C=O) groups is 1. The van der Waals surface area contributed by atoms with Crippen LogP contribution in [0.1, 0.15) is 0 Å². The van der Waals surface area contributed by atoms with Crippen molar-refractivity contribution >= 4 is 15.9 Å². The van der Waals surface area contributed by atoms with E-state index in [4.69, 9.17) is 4.74 Å². The van der Waals surface area contributed by atoms with Crippen LogP contribution in [0.15, 0.2) is 0 Å². The molecule has 0 aromatic carbocycles. The molecule has 8 heteroatoms. The van der Waals surface area contributed by atoms with Crippen molar-refractivity contribution in [1.82, 2.24) is 14.5 Å². The molecule has 0 aromatic heterocycles. The molecule has 0 aromatic rings. The van der Waals surface area contributed by atoms with Crippen LogP contribution in [0.2, 0.25) is 0 Å². The highest BCUT2D eigenvalue weighted by Gasteiger charge is 2.44. The van der Waals surface area contributed by atoms with Gasteiger partial charge in [0.15, 0.2) is 0 Å². The largest absolute Gasteiger partial charge is 0.376 e. The van der Waals surface area contributed by atoms with Crippen LogP contribution in [0.25, 0.3) is 0 Å². The van der Waals surface area contributed by atoms with E-state index in [9.17, 15) is 13.2 Å². The molecule has 0 bridgehead atoms. The lowest BCUT2D eigenvalue weighted by Gasteiger charge is -2.20. The zero-order chi connectivity index (χ0) is 14.9. The van der Waals surface area contributed by atoms with Gasteiger partial charge >= 0.3 is 0 Å². The number of hydrogen-bond acceptors (Lipinski definition) is 5. The van der Waals surface area contributed by atoms with Crippen molar-refractivity contribution in [2.24, 2.45) is 11.8 Å². The van der Waals surface area contributed by atoms with Crippen LogP contribution >= 0.6 is 0 Å². The maximum absolute atomic E-state index is 11.7. The highest BCUT2D eigenvalue weighted by Crippen LogP contribution is 2.33. The lowest BCUT2D eigenvalue weighted by Crippen LogP contribution is -2.37. The van der Waals surface area contributed by atoms with Gasteiger partial charge in [0.05, 0.1) is 25.5 Å². The number of likely N-dealkylation sites (tertiary alicyclic amines) is 1. The number of likely N-dealkylation sites (N-methyl/N-ethyl adjacent to an activating group) is 1. The smallest absolute Gasteiger partial charge is 0.236 e. The van der Waals surface area contributed by atoms with E-state index in [1.807, 2.05) is 0 Å². The van der Waals surface area contributed by atoms with Gasteiger partial charge in [-0.05, 0) is 0 Å². The number of sulfonamides is 1. The number of nitrogens with one attached hydrogen (secondary N) is 1. The van der Waals surface area contributed by atoms with E-state index in [2.05, 4.69) is 9.62 Å². The fourth-order valence-electron chi connectivity index (χ4n) is 2.81. The minimum atomic E-state index is -3.16. The molecule has 2 saturated heterocycles. The van der Waals surface area contributed by atoms with Crippen molar-refractivity contribution < 1.29 is 17.9 Å². The van der Waals surface area contributed by atoms with Gasteiger partial charge in [0, 0.05) is 45.6 Å². The number of rotatable bonds is 5. The molecule has 0 saturated carbocycles. The summed E-state index contributed by atoms with van der Waals surface area (Å²) in [7, 11) is 0.325. The molecular formula is C12H23N3O4S. The Kier molecular flexibility index (Phi) is 4.68. The topological polar surface area (TPSA) is 79.0 Å². The van der Waals surface area contributed by atoms with E-state index in [0.29, 0.717) is 25.6 Å². The molecule has 2 aliphatic rings. The number of ether oxygens (including phenoxy) is 1. The Hall–Kier alpha value is -0.700. The summed E-state index contributed by atoms with van der Waals surface area (Å²) in [5.74, 6) is 0.573.